The molecule has 21 heavy (non-hydrogen) atoms. The molecule has 4 heteroatoms. The molecule has 2 aliphatic rings. The second-order valence-corrected chi connectivity index (χ2v) is 6.61. The fourth-order valence-corrected chi connectivity index (χ4v) is 3.37. The predicted octanol–water partition coefficient (Wildman–Crippen LogP) is 2.65. The smallest absolute Gasteiger partial charge is 0.117 e. The van der Waals surface area contributed by atoms with Crippen molar-refractivity contribution < 1.29 is 9.15 Å². The van der Waals surface area contributed by atoms with Gasteiger partial charge < -0.3 is 14.5 Å². The van der Waals surface area contributed by atoms with Crippen LogP contribution in [-0.2, 0) is 11.3 Å². The van der Waals surface area contributed by atoms with Gasteiger partial charge in [-0.25, -0.2) is 0 Å². The van der Waals surface area contributed by atoms with E-state index in [2.05, 4.69) is 23.2 Å². The minimum Gasteiger partial charge on any atom is -0.468 e. The van der Waals surface area contributed by atoms with E-state index in [1.807, 2.05) is 6.07 Å². The highest BCUT2D eigenvalue weighted by molar-refractivity contribution is 5.01. The van der Waals surface area contributed by atoms with Crippen molar-refractivity contribution in [2.75, 3.05) is 32.8 Å². The molecule has 0 amide bonds. The summed E-state index contributed by atoms with van der Waals surface area (Å²) in [5.74, 6) is 1.09. The van der Waals surface area contributed by atoms with Crippen molar-refractivity contribution in [1.29, 1.82) is 0 Å². The Balaban J connectivity index is 1.66. The minimum atomic E-state index is 0.365. The Morgan fingerprint density at radius 3 is 2.76 bits per heavy atom. The zero-order chi connectivity index (χ0) is 14.5. The molecule has 118 valence electrons. The summed E-state index contributed by atoms with van der Waals surface area (Å²) in [6.45, 7) is 8.27. The monoisotopic (exact) mass is 292 g/mol. The molecule has 0 atom stereocenters. The molecule has 3 rings (SSSR count). The largest absolute Gasteiger partial charge is 0.468 e. The molecule has 1 aromatic heterocycles. The zero-order valence-corrected chi connectivity index (χ0v) is 13.1. The van der Waals surface area contributed by atoms with Gasteiger partial charge in [0, 0.05) is 32.3 Å². The van der Waals surface area contributed by atoms with Gasteiger partial charge in [-0.3, -0.25) is 4.90 Å². The van der Waals surface area contributed by atoms with Crippen molar-refractivity contribution in [3.8, 4) is 0 Å². The summed E-state index contributed by atoms with van der Waals surface area (Å²) in [6, 6.07) is 4.84. The predicted molar refractivity (Wildman–Crippen MR) is 83.2 cm³/mol. The Morgan fingerprint density at radius 1 is 1.33 bits per heavy atom. The maximum Gasteiger partial charge on any atom is 0.117 e. The second-order valence-electron chi connectivity index (χ2n) is 6.61. The fourth-order valence-electron chi connectivity index (χ4n) is 3.37. The molecule has 0 bridgehead atoms. The normalized spacial score (nSPS) is 21.8. The van der Waals surface area contributed by atoms with E-state index in [-0.39, 0.29) is 0 Å². The number of rotatable bonds is 8. The summed E-state index contributed by atoms with van der Waals surface area (Å²) in [5, 5.41) is 3.58. The molecular weight excluding hydrogens is 264 g/mol. The lowest BCUT2D eigenvalue weighted by Crippen LogP contribution is -2.47. The molecule has 2 heterocycles. The summed E-state index contributed by atoms with van der Waals surface area (Å²) in [6.07, 6.45) is 6.80. The summed E-state index contributed by atoms with van der Waals surface area (Å²) in [5.41, 5.74) is 0.365. The number of hydrogen-bond donors (Lipinski definition) is 1. The van der Waals surface area contributed by atoms with Gasteiger partial charge in [-0.1, -0.05) is 6.92 Å². The van der Waals surface area contributed by atoms with Crippen molar-refractivity contribution in [3.63, 3.8) is 0 Å². The van der Waals surface area contributed by atoms with E-state index in [9.17, 15) is 0 Å². The maximum absolute atomic E-state index is 5.60. The van der Waals surface area contributed by atoms with Gasteiger partial charge in [0.15, 0.2) is 0 Å². The molecule has 0 unspecified atom stereocenters. The van der Waals surface area contributed by atoms with E-state index in [0.29, 0.717) is 5.41 Å². The molecule has 0 aromatic carbocycles. The first-order valence-corrected chi connectivity index (χ1v) is 8.36. The highest BCUT2D eigenvalue weighted by atomic mass is 16.5. The fraction of sp³-hybridized carbons (Fsp3) is 0.765. The van der Waals surface area contributed by atoms with Gasteiger partial charge >= 0.3 is 0 Å². The third-order valence-corrected chi connectivity index (χ3v) is 4.84. The average Bonchev–Trinajstić information content (AvgIpc) is 3.24. The maximum atomic E-state index is 5.60. The molecule has 1 aliphatic carbocycles. The summed E-state index contributed by atoms with van der Waals surface area (Å²) >= 11 is 0. The van der Waals surface area contributed by atoms with Gasteiger partial charge in [-0.05, 0) is 49.8 Å². The van der Waals surface area contributed by atoms with Crippen LogP contribution >= 0.6 is 0 Å². The Labute approximate surface area is 127 Å². The Kier molecular flexibility index (Phi) is 4.99. The molecule has 0 radical (unpaired) electrons. The average molecular weight is 292 g/mol. The van der Waals surface area contributed by atoms with E-state index < -0.39 is 0 Å². The Bertz CT molecular complexity index is 408. The summed E-state index contributed by atoms with van der Waals surface area (Å²) < 4.78 is 11.2. The molecule has 1 aliphatic heterocycles. The quantitative estimate of drug-likeness (QED) is 0.799. The highest BCUT2D eigenvalue weighted by Gasteiger charge is 2.38. The van der Waals surface area contributed by atoms with Crippen LogP contribution in [-0.4, -0.2) is 43.8 Å². The number of nitrogens with one attached hydrogen (secondary N) is 1. The topological polar surface area (TPSA) is 37.6 Å². The van der Waals surface area contributed by atoms with E-state index >= 15 is 0 Å². The number of furan rings is 1. The van der Waals surface area contributed by atoms with Crippen LogP contribution in [0.5, 0.6) is 0 Å². The van der Waals surface area contributed by atoms with E-state index in [0.717, 1.165) is 51.2 Å². The van der Waals surface area contributed by atoms with Crippen LogP contribution in [0.2, 0.25) is 0 Å². The van der Waals surface area contributed by atoms with Crippen molar-refractivity contribution in [2.45, 2.75) is 45.2 Å². The molecular formula is C17H28N2O2. The Morgan fingerprint density at radius 2 is 2.14 bits per heavy atom. The first kappa shape index (κ1) is 15.1. The van der Waals surface area contributed by atoms with Crippen LogP contribution in [0.15, 0.2) is 22.8 Å². The third-order valence-electron chi connectivity index (χ3n) is 4.84. The SMILES string of the molecule is CCNCC1(CN(Cc2ccco2)C2CC2)CCOCC1. The standard InChI is InChI=1S/C17H28N2O2/c1-2-18-13-17(7-10-20-11-8-17)14-19(15-5-6-15)12-16-4-3-9-21-16/h3-4,9,15,18H,2,5-8,10-14H2,1H3. The first-order chi connectivity index (χ1) is 10.3. The van der Waals surface area contributed by atoms with E-state index in [4.69, 9.17) is 9.15 Å². The van der Waals surface area contributed by atoms with E-state index in [1.54, 1.807) is 6.26 Å². The van der Waals surface area contributed by atoms with Crippen LogP contribution in [0.1, 0.15) is 38.4 Å². The highest BCUT2D eigenvalue weighted by Crippen LogP contribution is 2.36. The van der Waals surface area contributed by atoms with Gasteiger partial charge in [0.2, 0.25) is 0 Å². The lowest BCUT2D eigenvalue weighted by Gasteiger charge is -2.41. The van der Waals surface area contributed by atoms with Crippen LogP contribution < -0.4 is 5.32 Å². The summed E-state index contributed by atoms with van der Waals surface area (Å²) in [4.78, 5) is 2.64. The first-order valence-electron chi connectivity index (χ1n) is 8.36. The van der Waals surface area contributed by atoms with Gasteiger partial charge in [0.1, 0.15) is 5.76 Å². The van der Waals surface area contributed by atoms with Gasteiger partial charge in [0.25, 0.3) is 0 Å². The molecule has 0 spiro atoms. The van der Waals surface area contributed by atoms with Crippen molar-refractivity contribution in [3.05, 3.63) is 24.2 Å². The van der Waals surface area contributed by atoms with E-state index in [1.165, 1.54) is 25.7 Å². The van der Waals surface area contributed by atoms with Gasteiger partial charge in [-0.2, -0.15) is 0 Å². The van der Waals surface area contributed by atoms with Crippen molar-refractivity contribution in [2.24, 2.45) is 5.41 Å². The number of hydrogen-bond acceptors (Lipinski definition) is 4. The molecule has 4 nitrogen and oxygen atoms in total. The second kappa shape index (κ2) is 6.95. The molecule has 1 aromatic rings. The number of ether oxygens (including phenoxy) is 1. The third kappa shape index (κ3) is 4.09. The van der Waals surface area contributed by atoms with Crippen molar-refractivity contribution >= 4 is 0 Å². The van der Waals surface area contributed by atoms with Crippen LogP contribution in [0, 0.1) is 5.41 Å². The van der Waals surface area contributed by atoms with Gasteiger partial charge in [-0.15, -0.1) is 0 Å². The molecule has 1 saturated carbocycles. The lowest BCUT2D eigenvalue weighted by molar-refractivity contribution is -0.00804. The molecule has 1 N–H and O–H groups in total. The molecule has 1 saturated heterocycles. The lowest BCUT2D eigenvalue weighted by atomic mass is 9.79. The van der Waals surface area contributed by atoms with Gasteiger partial charge in [0.05, 0.1) is 12.8 Å². The number of nitrogens with zero attached hydrogens (tertiary/aromatic N) is 1. The van der Waals surface area contributed by atoms with Crippen LogP contribution in [0.3, 0.4) is 0 Å². The van der Waals surface area contributed by atoms with Crippen molar-refractivity contribution in [1.82, 2.24) is 10.2 Å². The molecule has 2 fully saturated rings. The summed E-state index contributed by atoms with van der Waals surface area (Å²) in [7, 11) is 0. The van der Waals surface area contributed by atoms with Crippen LogP contribution in [0.4, 0.5) is 0 Å². The Hall–Kier alpha value is -0.840. The minimum absolute atomic E-state index is 0.365. The van der Waals surface area contributed by atoms with Crippen LogP contribution in [0.25, 0.3) is 0 Å². The zero-order valence-electron chi connectivity index (χ0n) is 13.1.